The van der Waals surface area contributed by atoms with Crippen LogP contribution >= 0.6 is 11.6 Å². The van der Waals surface area contributed by atoms with Gasteiger partial charge in [-0.1, -0.05) is 42.4 Å². The number of H-pyrrole nitrogens is 2. The first-order valence-corrected chi connectivity index (χ1v) is 10.1. The number of benzodiazepines with no additional fused rings is 1. The molecule has 3 aromatic carbocycles. The van der Waals surface area contributed by atoms with Crippen molar-refractivity contribution >= 4 is 34.0 Å². The molecule has 1 unspecified atom stereocenters. The summed E-state index contributed by atoms with van der Waals surface area (Å²) in [7, 11) is 0. The molecule has 2 heterocycles. The van der Waals surface area contributed by atoms with Crippen LogP contribution in [0.25, 0.3) is 11.0 Å². The van der Waals surface area contributed by atoms with Crippen LogP contribution in [-0.2, 0) is 6.42 Å². The molecule has 0 radical (unpaired) electrons. The smallest absolute Gasteiger partial charge is 0.323 e. The van der Waals surface area contributed by atoms with Crippen LogP contribution in [0.2, 0.25) is 5.02 Å². The fraction of sp³-hybridized carbons (Fsp3) is 0.0833. The summed E-state index contributed by atoms with van der Waals surface area (Å²) in [5.41, 5.74) is 5.45. The molecule has 31 heavy (non-hydrogen) atoms. The summed E-state index contributed by atoms with van der Waals surface area (Å²) in [6.07, 6.45) is 0.354. The number of nitrogens with zero attached hydrogens (tertiary/aromatic N) is 1. The summed E-state index contributed by atoms with van der Waals surface area (Å²) < 4.78 is 14.3. The third-order valence-corrected chi connectivity index (χ3v) is 5.61. The van der Waals surface area contributed by atoms with Crippen LogP contribution in [0.5, 0.6) is 0 Å². The molecule has 0 bridgehead atoms. The second-order valence-electron chi connectivity index (χ2n) is 7.47. The Kier molecular flexibility index (Phi) is 4.71. The minimum Gasteiger partial charge on any atom is -0.357 e. The highest BCUT2D eigenvalue weighted by Crippen LogP contribution is 2.31. The van der Waals surface area contributed by atoms with Gasteiger partial charge in [-0.25, -0.2) is 9.18 Å². The Morgan fingerprint density at radius 1 is 1.03 bits per heavy atom. The second-order valence-corrected chi connectivity index (χ2v) is 7.91. The Bertz CT molecular complexity index is 1420. The number of benzene rings is 3. The number of rotatable bonds is 3. The molecule has 0 saturated heterocycles. The summed E-state index contributed by atoms with van der Waals surface area (Å²) in [5.74, 6) is -0.275. The first-order chi connectivity index (χ1) is 15.0. The van der Waals surface area contributed by atoms with E-state index in [0.717, 1.165) is 16.8 Å². The number of imidazole rings is 1. The summed E-state index contributed by atoms with van der Waals surface area (Å²) in [5, 5.41) is 3.90. The van der Waals surface area contributed by atoms with E-state index in [9.17, 15) is 9.18 Å². The number of aromatic nitrogens is 2. The molecule has 5 rings (SSSR count). The van der Waals surface area contributed by atoms with Crippen LogP contribution in [-0.4, -0.2) is 21.7 Å². The summed E-state index contributed by atoms with van der Waals surface area (Å²) in [4.78, 5) is 22.2. The largest absolute Gasteiger partial charge is 0.357 e. The monoisotopic (exact) mass is 432 g/mol. The second kappa shape index (κ2) is 7.56. The van der Waals surface area contributed by atoms with Gasteiger partial charge in [0.2, 0.25) is 0 Å². The van der Waals surface area contributed by atoms with Crippen LogP contribution in [0, 0.1) is 5.82 Å². The number of aliphatic imine (C=N–C) groups is 1. The van der Waals surface area contributed by atoms with Crippen molar-refractivity contribution in [1.29, 1.82) is 0 Å². The lowest BCUT2D eigenvalue weighted by molar-refractivity contribution is 0.600. The van der Waals surface area contributed by atoms with Crippen molar-refractivity contribution in [3.05, 3.63) is 111 Å². The molecule has 0 saturated carbocycles. The highest BCUT2D eigenvalue weighted by Gasteiger charge is 2.24. The Balaban J connectivity index is 1.67. The van der Waals surface area contributed by atoms with Crippen molar-refractivity contribution in [2.24, 2.45) is 4.99 Å². The van der Waals surface area contributed by atoms with E-state index < -0.39 is 6.04 Å². The third-order valence-electron chi connectivity index (χ3n) is 5.38. The third kappa shape index (κ3) is 3.66. The molecule has 4 aromatic rings. The van der Waals surface area contributed by atoms with E-state index in [1.54, 1.807) is 24.3 Å². The van der Waals surface area contributed by atoms with Crippen LogP contribution in [0.4, 0.5) is 10.1 Å². The summed E-state index contributed by atoms with van der Waals surface area (Å²) in [6, 6.07) is 17.4. The molecule has 0 spiro atoms. The molecule has 1 aliphatic heterocycles. The van der Waals surface area contributed by atoms with Crippen molar-refractivity contribution in [3.8, 4) is 0 Å². The Hall–Kier alpha value is -3.64. The van der Waals surface area contributed by atoms with Crippen LogP contribution in [0.15, 0.2) is 82.7 Å². The first kappa shape index (κ1) is 19.3. The van der Waals surface area contributed by atoms with E-state index in [1.807, 2.05) is 30.3 Å². The predicted molar refractivity (Wildman–Crippen MR) is 123 cm³/mol. The standard InChI is InChI=1S/C24H18ClFN4O/c1-13-21(10-14-4-2-3-5-18(14)26)28-23(17-12-16(25)7-9-19(17)27-13)15-6-8-20-22(11-15)30-24(31)29-20/h2-9,11-12,21,27H,1,10H2,(H2,29,30,31). The van der Waals surface area contributed by atoms with Gasteiger partial charge in [0.15, 0.2) is 0 Å². The summed E-state index contributed by atoms with van der Waals surface area (Å²) >= 11 is 6.30. The van der Waals surface area contributed by atoms with Gasteiger partial charge in [-0.2, -0.15) is 0 Å². The number of anilines is 1. The van der Waals surface area contributed by atoms with E-state index in [4.69, 9.17) is 16.6 Å². The van der Waals surface area contributed by atoms with Crippen LogP contribution < -0.4 is 11.0 Å². The van der Waals surface area contributed by atoms with Gasteiger partial charge in [0.05, 0.1) is 22.8 Å². The molecular formula is C24H18ClFN4O. The zero-order valence-corrected chi connectivity index (χ0v) is 17.1. The number of hydrogen-bond acceptors (Lipinski definition) is 3. The van der Waals surface area contributed by atoms with Gasteiger partial charge in [0.1, 0.15) is 5.82 Å². The van der Waals surface area contributed by atoms with Crippen molar-refractivity contribution in [1.82, 2.24) is 9.97 Å². The lowest BCUT2D eigenvalue weighted by Crippen LogP contribution is -2.17. The average Bonchev–Trinajstić information content (AvgIpc) is 3.06. The van der Waals surface area contributed by atoms with Gasteiger partial charge in [0.25, 0.3) is 0 Å². The van der Waals surface area contributed by atoms with Crippen molar-refractivity contribution in [2.45, 2.75) is 12.5 Å². The number of halogens is 2. The first-order valence-electron chi connectivity index (χ1n) is 9.77. The lowest BCUT2D eigenvalue weighted by atomic mass is 9.99. The Morgan fingerprint density at radius 3 is 2.68 bits per heavy atom. The molecule has 0 fully saturated rings. The molecule has 1 atom stereocenters. The highest BCUT2D eigenvalue weighted by molar-refractivity contribution is 6.31. The van der Waals surface area contributed by atoms with Gasteiger partial charge in [0, 0.05) is 34.0 Å². The van der Waals surface area contributed by atoms with Gasteiger partial charge < -0.3 is 15.3 Å². The molecule has 7 heteroatoms. The fourth-order valence-corrected chi connectivity index (χ4v) is 4.00. The number of fused-ring (bicyclic) bond motifs is 2. The zero-order chi connectivity index (χ0) is 21.5. The van der Waals surface area contributed by atoms with Gasteiger partial charge in [-0.05, 0) is 42.0 Å². The molecule has 0 aliphatic carbocycles. The van der Waals surface area contributed by atoms with Gasteiger partial charge >= 0.3 is 5.69 Å². The zero-order valence-electron chi connectivity index (χ0n) is 16.4. The maximum atomic E-state index is 14.3. The van der Waals surface area contributed by atoms with Crippen LogP contribution in [0.3, 0.4) is 0 Å². The fourth-order valence-electron chi connectivity index (χ4n) is 3.83. The SMILES string of the molecule is C=C1Nc2ccc(Cl)cc2C(c2ccc3[nH]c(=O)[nH]c3c2)=NC1Cc1ccccc1F. The van der Waals surface area contributed by atoms with Crippen LogP contribution in [0.1, 0.15) is 16.7 Å². The molecular weight excluding hydrogens is 415 g/mol. The van der Waals surface area contributed by atoms with Crippen molar-refractivity contribution < 1.29 is 4.39 Å². The Morgan fingerprint density at radius 2 is 1.84 bits per heavy atom. The van der Waals surface area contributed by atoms with E-state index in [1.165, 1.54) is 6.07 Å². The maximum absolute atomic E-state index is 14.3. The molecule has 3 N–H and O–H groups in total. The number of nitrogens with one attached hydrogen (secondary N) is 3. The normalized spacial score (nSPS) is 15.9. The van der Waals surface area contributed by atoms with Crippen molar-refractivity contribution in [3.63, 3.8) is 0 Å². The van der Waals surface area contributed by atoms with E-state index in [2.05, 4.69) is 21.9 Å². The lowest BCUT2D eigenvalue weighted by Gasteiger charge is -2.16. The van der Waals surface area contributed by atoms with Gasteiger partial charge in [-0.15, -0.1) is 0 Å². The number of hydrogen-bond donors (Lipinski definition) is 3. The molecule has 1 aromatic heterocycles. The average molecular weight is 433 g/mol. The van der Waals surface area contributed by atoms with E-state index in [0.29, 0.717) is 39.4 Å². The quantitative estimate of drug-likeness (QED) is 0.424. The minimum absolute atomic E-state index is 0.272. The number of aromatic amines is 2. The molecule has 154 valence electrons. The van der Waals surface area contributed by atoms with Crippen molar-refractivity contribution in [2.75, 3.05) is 5.32 Å². The maximum Gasteiger partial charge on any atom is 0.323 e. The molecule has 0 amide bonds. The Labute approximate surface area is 182 Å². The molecule has 5 nitrogen and oxygen atoms in total. The highest BCUT2D eigenvalue weighted by atomic mass is 35.5. The van der Waals surface area contributed by atoms with E-state index in [-0.39, 0.29) is 11.5 Å². The van der Waals surface area contributed by atoms with Gasteiger partial charge in [-0.3, -0.25) is 4.99 Å². The minimum atomic E-state index is -0.404. The van der Waals surface area contributed by atoms with E-state index >= 15 is 0 Å². The topological polar surface area (TPSA) is 73.0 Å². The predicted octanol–water partition coefficient (Wildman–Crippen LogP) is 5.04. The summed E-state index contributed by atoms with van der Waals surface area (Å²) in [6.45, 7) is 4.16. The molecule has 1 aliphatic rings.